The predicted octanol–water partition coefficient (Wildman–Crippen LogP) is 2.27. The highest BCUT2D eigenvalue weighted by Gasteiger charge is 2.18. The van der Waals surface area contributed by atoms with E-state index in [1.165, 1.54) is 0 Å². The van der Waals surface area contributed by atoms with E-state index in [1.54, 1.807) is 32.1 Å². The van der Waals surface area contributed by atoms with Gasteiger partial charge in [0.1, 0.15) is 11.9 Å². The Kier molecular flexibility index (Phi) is 4.69. The molecule has 1 rings (SSSR count). The summed E-state index contributed by atoms with van der Waals surface area (Å²) in [7, 11) is 0. The first-order valence-corrected chi connectivity index (χ1v) is 5.47. The molecule has 0 amide bonds. The number of esters is 2. The van der Waals surface area contributed by atoms with E-state index in [4.69, 9.17) is 9.47 Å². The van der Waals surface area contributed by atoms with Gasteiger partial charge in [0.25, 0.3) is 0 Å². The lowest BCUT2D eigenvalue weighted by molar-refractivity contribution is -0.143. The fourth-order valence-corrected chi connectivity index (χ4v) is 1.23. The summed E-state index contributed by atoms with van der Waals surface area (Å²) in [5, 5.41) is 0. The van der Waals surface area contributed by atoms with E-state index in [2.05, 4.69) is 6.58 Å². The van der Waals surface area contributed by atoms with Crippen LogP contribution >= 0.6 is 0 Å². The van der Waals surface area contributed by atoms with Gasteiger partial charge in [0.15, 0.2) is 0 Å². The first-order chi connectivity index (χ1) is 8.02. The lowest BCUT2D eigenvalue weighted by Gasteiger charge is -2.18. The second-order valence-corrected chi connectivity index (χ2v) is 3.77. The van der Waals surface area contributed by atoms with Crippen molar-refractivity contribution in [3.63, 3.8) is 0 Å². The molecule has 1 atom stereocenters. The number of carbonyl (C=O) groups excluding carboxylic acids is 2. The van der Waals surface area contributed by atoms with Gasteiger partial charge in [-0.25, -0.2) is 4.79 Å². The minimum atomic E-state index is -0.442. The topological polar surface area (TPSA) is 52.6 Å². The van der Waals surface area contributed by atoms with Crippen LogP contribution in [-0.4, -0.2) is 18.0 Å². The number of rotatable bonds is 4. The van der Waals surface area contributed by atoms with E-state index in [9.17, 15) is 9.59 Å². The van der Waals surface area contributed by atoms with Gasteiger partial charge in [-0.05, 0) is 19.1 Å². The monoisotopic (exact) mass is 236 g/mol. The maximum atomic E-state index is 11.3. The van der Waals surface area contributed by atoms with Crippen LogP contribution in [-0.2, 0) is 19.1 Å². The summed E-state index contributed by atoms with van der Waals surface area (Å²) in [5.74, 6) is -0.224. The molecule has 0 radical (unpaired) electrons. The maximum Gasteiger partial charge on any atom is 0.333 e. The van der Waals surface area contributed by atoms with Crippen molar-refractivity contribution >= 4 is 11.9 Å². The third-order valence-corrected chi connectivity index (χ3v) is 2.15. The van der Waals surface area contributed by atoms with Gasteiger partial charge in [-0.1, -0.05) is 19.6 Å². The van der Waals surface area contributed by atoms with E-state index in [1.807, 2.05) is 0 Å². The van der Waals surface area contributed by atoms with Crippen molar-refractivity contribution in [1.82, 2.24) is 0 Å². The fourth-order valence-electron chi connectivity index (χ4n) is 1.23. The van der Waals surface area contributed by atoms with Crippen LogP contribution in [0.4, 0.5) is 0 Å². The Balaban J connectivity index is 2.52. The minimum Gasteiger partial charge on any atom is -0.454 e. The zero-order valence-electron chi connectivity index (χ0n) is 10.1. The Labute approximate surface area is 101 Å². The highest BCUT2D eigenvalue weighted by molar-refractivity contribution is 5.87. The van der Waals surface area contributed by atoms with Gasteiger partial charge < -0.3 is 9.47 Å². The molecule has 0 N–H and O–H groups in total. The number of allylic oxidation sites excluding steroid dienone is 2. The summed E-state index contributed by atoms with van der Waals surface area (Å²) in [6.45, 7) is 6.81. The summed E-state index contributed by atoms with van der Waals surface area (Å²) in [6.07, 6.45) is 5.43. The smallest absolute Gasteiger partial charge is 0.333 e. The van der Waals surface area contributed by atoms with E-state index < -0.39 is 12.1 Å². The lowest BCUT2D eigenvalue weighted by atomic mass is 10.1. The van der Waals surface area contributed by atoms with Gasteiger partial charge in [-0.2, -0.15) is 0 Å². The Bertz CT molecular complexity index is 390. The Morgan fingerprint density at radius 1 is 1.53 bits per heavy atom. The van der Waals surface area contributed by atoms with Gasteiger partial charge in [0.2, 0.25) is 0 Å². The molecular weight excluding hydrogens is 220 g/mol. The average molecular weight is 236 g/mol. The molecular formula is C13H16O4. The van der Waals surface area contributed by atoms with Crippen LogP contribution < -0.4 is 0 Å². The second-order valence-electron chi connectivity index (χ2n) is 3.77. The zero-order chi connectivity index (χ0) is 12.8. The van der Waals surface area contributed by atoms with Crippen molar-refractivity contribution in [2.24, 2.45) is 0 Å². The average Bonchev–Trinajstić information content (AvgIpc) is 2.29. The summed E-state index contributed by atoms with van der Waals surface area (Å²) >= 11 is 0. The largest absolute Gasteiger partial charge is 0.454 e. The third kappa shape index (κ3) is 4.26. The maximum absolute atomic E-state index is 11.3. The van der Waals surface area contributed by atoms with Crippen LogP contribution in [0.3, 0.4) is 0 Å². The van der Waals surface area contributed by atoms with Crippen LogP contribution in [0.15, 0.2) is 36.1 Å². The van der Waals surface area contributed by atoms with E-state index in [0.717, 1.165) is 0 Å². The van der Waals surface area contributed by atoms with Crippen molar-refractivity contribution in [2.75, 3.05) is 0 Å². The molecule has 92 valence electrons. The summed E-state index contributed by atoms with van der Waals surface area (Å²) in [6, 6.07) is 0. The van der Waals surface area contributed by atoms with Crippen LogP contribution in [0, 0.1) is 0 Å². The van der Waals surface area contributed by atoms with Gasteiger partial charge in [-0.15, -0.1) is 0 Å². The van der Waals surface area contributed by atoms with Gasteiger partial charge in [0.05, 0.1) is 0 Å². The molecule has 17 heavy (non-hydrogen) atoms. The van der Waals surface area contributed by atoms with Crippen LogP contribution in [0.2, 0.25) is 0 Å². The molecule has 0 bridgehead atoms. The molecule has 0 aromatic heterocycles. The molecule has 0 aromatic carbocycles. The van der Waals surface area contributed by atoms with Crippen molar-refractivity contribution in [2.45, 2.75) is 32.8 Å². The molecule has 4 heteroatoms. The molecule has 0 fully saturated rings. The molecule has 0 heterocycles. The van der Waals surface area contributed by atoms with E-state index >= 15 is 0 Å². The zero-order valence-corrected chi connectivity index (χ0v) is 10.1. The molecule has 0 saturated carbocycles. The number of hydrogen-bond acceptors (Lipinski definition) is 4. The fraction of sp³-hybridized carbons (Fsp3) is 0.385. The molecule has 0 saturated heterocycles. The first kappa shape index (κ1) is 13.2. The SMILES string of the molecule is C=C(C)C(=O)OC1C=CC=C(OC(=O)CC)C1. The molecule has 0 spiro atoms. The summed E-state index contributed by atoms with van der Waals surface area (Å²) in [4.78, 5) is 22.4. The molecule has 0 aromatic rings. The molecule has 0 aliphatic heterocycles. The van der Waals surface area contributed by atoms with Crippen LogP contribution in [0.1, 0.15) is 26.7 Å². The molecule has 4 nitrogen and oxygen atoms in total. The summed E-state index contributed by atoms with van der Waals surface area (Å²) in [5.41, 5.74) is 0.347. The number of hydrogen-bond donors (Lipinski definition) is 0. The van der Waals surface area contributed by atoms with E-state index in [-0.39, 0.29) is 5.97 Å². The number of carbonyl (C=O) groups is 2. The molecule has 1 aliphatic carbocycles. The quantitative estimate of drug-likeness (QED) is 0.555. The Morgan fingerprint density at radius 2 is 2.24 bits per heavy atom. The minimum absolute atomic E-state index is 0.295. The van der Waals surface area contributed by atoms with Crippen LogP contribution in [0.5, 0.6) is 0 Å². The van der Waals surface area contributed by atoms with Gasteiger partial charge >= 0.3 is 11.9 Å². The number of ether oxygens (including phenoxy) is 2. The van der Waals surface area contributed by atoms with Crippen molar-refractivity contribution in [1.29, 1.82) is 0 Å². The van der Waals surface area contributed by atoms with Crippen molar-refractivity contribution < 1.29 is 19.1 Å². The van der Waals surface area contributed by atoms with E-state index in [0.29, 0.717) is 24.2 Å². The van der Waals surface area contributed by atoms with Crippen molar-refractivity contribution in [3.05, 3.63) is 36.1 Å². The third-order valence-electron chi connectivity index (χ3n) is 2.15. The molecule has 1 unspecified atom stereocenters. The Hall–Kier alpha value is -1.84. The lowest BCUT2D eigenvalue weighted by Crippen LogP contribution is -2.20. The molecule has 1 aliphatic rings. The first-order valence-electron chi connectivity index (χ1n) is 5.47. The van der Waals surface area contributed by atoms with Gasteiger partial charge in [-0.3, -0.25) is 4.79 Å². The van der Waals surface area contributed by atoms with Crippen LogP contribution in [0.25, 0.3) is 0 Å². The highest BCUT2D eigenvalue weighted by Crippen LogP contribution is 2.18. The van der Waals surface area contributed by atoms with Crippen molar-refractivity contribution in [3.8, 4) is 0 Å². The normalized spacial score (nSPS) is 18.2. The Morgan fingerprint density at radius 3 is 2.82 bits per heavy atom. The summed E-state index contributed by atoms with van der Waals surface area (Å²) < 4.78 is 10.2. The second kappa shape index (κ2) is 6.03. The van der Waals surface area contributed by atoms with Gasteiger partial charge in [0, 0.05) is 18.4 Å². The highest BCUT2D eigenvalue weighted by atomic mass is 16.6. The predicted molar refractivity (Wildman–Crippen MR) is 62.9 cm³/mol. The standard InChI is InChI=1S/C13H16O4/c1-4-12(14)16-10-6-5-7-11(8-10)17-13(15)9(2)3/h5-7,11H,2,4,8H2,1,3H3.